The van der Waals surface area contributed by atoms with Gasteiger partial charge in [-0.2, -0.15) is 0 Å². The van der Waals surface area contributed by atoms with Gasteiger partial charge in [0.15, 0.2) is 9.84 Å². The summed E-state index contributed by atoms with van der Waals surface area (Å²) in [5.74, 6) is -2.24. The summed E-state index contributed by atoms with van der Waals surface area (Å²) in [6.07, 6.45) is -0.431. The van der Waals surface area contributed by atoms with Crippen LogP contribution in [0.3, 0.4) is 0 Å². The number of carbonyl (C=O) groups is 2. The van der Waals surface area contributed by atoms with Gasteiger partial charge in [0.1, 0.15) is 5.78 Å². The van der Waals surface area contributed by atoms with Gasteiger partial charge >= 0.3 is 5.97 Å². The number of halogens is 1. The molecule has 1 atom stereocenters. The molecular weight excluding hydrogens is 276 g/mol. The third-order valence-electron chi connectivity index (χ3n) is 1.47. The van der Waals surface area contributed by atoms with Gasteiger partial charge in [0.2, 0.25) is 0 Å². The molecule has 0 aliphatic heterocycles. The fraction of sp³-hybridized carbons (Fsp3) is 0.714. The Morgan fingerprint density at radius 2 is 1.93 bits per heavy atom. The van der Waals surface area contributed by atoms with E-state index in [2.05, 4.69) is 15.9 Å². The van der Waals surface area contributed by atoms with Gasteiger partial charge in [0.05, 0.1) is 22.8 Å². The molecule has 0 amide bonds. The zero-order valence-electron chi connectivity index (χ0n) is 7.57. The Bertz CT molecular complexity index is 321. The van der Waals surface area contributed by atoms with Crippen molar-refractivity contribution >= 4 is 37.5 Å². The minimum atomic E-state index is -3.47. The lowest BCUT2D eigenvalue weighted by atomic mass is 10.3. The van der Waals surface area contributed by atoms with Gasteiger partial charge in [0.25, 0.3) is 0 Å². The second-order valence-corrected chi connectivity index (χ2v) is 6.17. The summed E-state index contributed by atoms with van der Waals surface area (Å²) in [7, 11) is -3.47. The molecule has 7 heteroatoms. The Balaban J connectivity index is 4.21. The highest BCUT2D eigenvalue weighted by molar-refractivity contribution is 9.10. The summed E-state index contributed by atoms with van der Waals surface area (Å²) in [6.45, 7) is 1.27. The van der Waals surface area contributed by atoms with Crippen LogP contribution in [0.5, 0.6) is 0 Å². The number of hydrogen-bond donors (Lipinski definition) is 1. The second-order valence-electron chi connectivity index (χ2n) is 2.84. The molecule has 1 N–H and O–H groups in total. The van der Waals surface area contributed by atoms with Crippen LogP contribution >= 0.6 is 15.9 Å². The summed E-state index contributed by atoms with van der Waals surface area (Å²) in [5, 5.41) is 8.28. The molecule has 0 aromatic rings. The Hall–Kier alpha value is -0.430. The van der Waals surface area contributed by atoms with E-state index in [9.17, 15) is 18.0 Å². The average Bonchev–Trinajstić information content (AvgIpc) is 2.00. The second kappa shape index (κ2) is 5.45. The van der Waals surface area contributed by atoms with Crippen LogP contribution in [0, 0.1) is 0 Å². The van der Waals surface area contributed by atoms with Gasteiger partial charge in [-0.3, -0.25) is 9.59 Å². The number of carboxylic acids is 1. The smallest absolute Gasteiger partial charge is 0.304 e. The fourth-order valence-corrected chi connectivity index (χ4v) is 3.21. The molecule has 0 radical (unpaired) electrons. The first-order valence-electron chi connectivity index (χ1n) is 3.81. The Morgan fingerprint density at radius 3 is 2.29 bits per heavy atom. The van der Waals surface area contributed by atoms with Crippen molar-refractivity contribution in [2.75, 3.05) is 11.5 Å². The van der Waals surface area contributed by atoms with Crippen molar-refractivity contribution in [3.8, 4) is 0 Å². The van der Waals surface area contributed by atoms with Crippen LogP contribution in [-0.4, -0.2) is 41.6 Å². The molecule has 0 heterocycles. The first-order valence-corrected chi connectivity index (χ1v) is 6.55. The van der Waals surface area contributed by atoms with Gasteiger partial charge in [0, 0.05) is 0 Å². The fourth-order valence-electron chi connectivity index (χ4n) is 0.666. The average molecular weight is 287 g/mol. The Morgan fingerprint density at radius 1 is 1.43 bits per heavy atom. The summed E-state index contributed by atoms with van der Waals surface area (Å²) in [4.78, 5) is 20.1. The highest BCUT2D eigenvalue weighted by Gasteiger charge is 2.20. The number of sulfone groups is 1. The lowest BCUT2D eigenvalue weighted by Gasteiger charge is -2.05. The number of ketones is 1. The molecule has 0 spiro atoms. The maximum atomic E-state index is 11.2. The van der Waals surface area contributed by atoms with Crippen molar-refractivity contribution in [3.05, 3.63) is 0 Å². The Labute approximate surface area is 90.5 Å². The normalized spacial score (nSPS) is 13.6. The van der Waals surface area contributed by atoms with Gasteiger partial charge in [-0.15, -0.1) is 0 Å². The van der Waals surface area contributed by atoms with Crippen molar-refractivity contribution < 1.29 is 23.1 Å². The lowest BCUT2D eigenvalue weighted by molar-refractivity contribution is -0.136. The monoisotopic (exact) mass is 286 g/mol. The largest absolute Gasteiger partial charge is 0.481 e. The molecule has 82 valence electrons. The number of rotatable bonds is 6. The van der Waals surface area contributed by atoms with Crippen LogP contribution < -0.4 is 0 Å². The molecule has 0 aromatic carbocycles. The minimum Gasteiger partial charge on any atom is -0.481 e. The number of alkyl halides is 1. The van der Waals surface area contributed by atoms with E-state index in [1.165, 1.54) is 6.92 Å². The van der Waals surface area contributed by atoms with Crippen molar-refractivity contribution in [2.45, 2.75) is 18.2 Å². The van der Waals surface area contributed by atoms with Crippen molar-refractivity contribution in [1.29, 1.82) is 0 Å². The molecule has 0 aromatic heterocycles. The highest BCUT2D eigenvalue weighted by atomic mass is 79.9. The van der Waals surface area contributed by atoms with Crippen LogP contribution in [0.1, 0.15) is 13.3 Å². The third-order valence-corrected chi connectivity index (χ3v) is 4.53. The van der Waals surface area contributed by atoms with E-state index in [0.29, 0.717) is 0 Å². The van der Waals surface area contributed by atoms with Crippen molar-refractivity contribution in [1.82, 2.24) is 0 Å². The lowest BCUT2D eigenvalue weighted by Crippen LogP contribution is -2.24. The molecule has 0 saturated carbocycles. The van der Waals surface area contributed by atoms with Gasteiger partial charge in [-0.1, -0.05) is 15.9 Å². The first-order chi connectivity index (χ1) is 6.24. The van der Waals surface area contributed by atoms with E-state index < -0.39 is 32.8 Å². The maximum absolute atomic E-state index is 11.2. The molecule has 5 nitrogen and oxygen atoms in total. The molecule has 0 aliphatic rings. The maximum Gasteiger partial charge on any atom is 0.304 e. The number of carboxylic acid groups (broad SMARTS) is 1. The van der Waals surface area contributed by atoms with Crippen LogP contribution in [0.25, 0.3) is 0 Å². The molecule has 0 rings (SSSR count). The predicted octanol–water partition coefficient (Wildman–Crippen LogP) is 0.228. The summed E-state index contributed by atoms with van der Waals surface area (Å²) < 4.78 is 22.4. The van der Waals surface area contributed by atoms with Crippen LogP contribution in [0.15, 0.2) is 0 Å². The molecule has 1 unspecified atom stereocenters. The third kappa shape index (κ3) is 6.09. The van der Waals surface area contributed by atoms with Gasteiger partial charge in [-0.05, 0) is 6.92 Å². The number of carbonyl (C=O) groups excluding carboxylic acids is 1. The van der Waals surface area contributed by atoms with Gasteiger partial charge < -0.3 is 5.11 Å². The Kier molecular flexibility index (Phi) is 5.28. The van der Waals surface area contributed by atoms with E-state index in [0.717, 1.165) is 0 Å². The van der Waals surface area contributed by atoms with E-state index in [1.807, 2.05) is 0 Å². The van der Waals surface area contributed by atoms with E-state index in [4.69, 9.17) is 5.11 Å². The molecular formula is C7H11BrO5S. The number of hydrogen-bond acceptors (Lipinski definition) is 4. The molecule has 0 aliphatic carbocycles. The summed E-state index contributed by atoms with van der Waals surface area (Å²) in [5.41, 5.74) is 0. The summed E-state index contributed by atoms with van der Waals surface area (Å²) in [6, 6.07) is 0. The van der Waals surface area contributed by atoms with E-state index in [-0.39, 0.29) is 11.5 Å². The predicted molar refractivity (Wildman–Crippen MR) is 54.3 cm³/mol. The van der Waals surface area contributed by atoms with Crippen molar-refractivity contribution in [2.24, 2.45) is 0 Å². The number of aliphatic carboxylic acids is 1. The van der Waals surface area contributed by atoms with Crippen molar-refractivity contribution in [3.63, 3.8) is 0 Å². The van der Waals surface area contributed by atoms with Crippen LogP contribution in [-0.2, 0) is 19.4 Å². The summed E-state index contributed by atoms with van der Waals surface area (Å²) >= 11 is 2.91. The molecule has 0 saturated heterocycles. The van der Waals surface area contributed by atoms with Gasteiger partial charge in [-0.25, -0.2) is 8.42 Å². The van der Waals surface area contributed by atoms with Crippen LogP contribution in [0.4, 0.5) is 0 Å². The standard InChI is InChI=1S/C7H11BrO5S/c1-5(9)6(8)4-14(12,13)3-2-7(10)11/h6H,2-4H2,1H3,(H,10,11). The SMILES string of the molecule is CC(=O)C(Br)CS(=O)(=O)CCC(=O)O. The van der Waals surface area contributed by atoms with Crippen LogP contribution in [0.2, 0.25) is 0 Å². The molecule has 14 heavy (non-hydrogen) atoms. The molecule has 0 fully saturated rings. The zero-order valence-corrected chi connectivity index (χ0v) is 9.97. The first kappa shape index (κ1) is 13.6. The van der Waals surface area contributed by atoms with E-state index >= 15 is 0 Å². The zero-order chi connectivity index (χ0) is 11.4. The highest BCUT2D eigenvalue weighted by Crippen LogP contribution is 2.06. The number of Topliss-reactive ketones (excluding diaryl/α,β-unsaturated/α-hetero) is 1. The van der Waals surface area contributed by atoms with E-state index in [1.54, 1.807) is 0 Å². The molecule has 0 bridgehead atoms. The minimum absolute atomic E-state index is 0.288. The topological polar surface area (TPSA) is 88.5 Å². The quantitative estimate of drug-likeness (QED) is 0.706.